The molecule has 0 aliphatic carbocycles. The second kappa shape index (κ2) is 5.65. The lowest BCUT2D eigenvalue weighted by Gasteiger charge is -2.02. The lowest BCUT2D eigenvalue weighted by molar-refractivity contribution is 0.0563. The van der Waals surface area contributed by atoms with E-state index in [0.717, 1.165) is 12.1 Å². The number of furan rings is 1. The highest BCUT2D eigenvalue weighted by atomic mass is 32.1. The van der Waals surface area contributed by atoms with Gasteiger partial charge in [-0.05, 0) is 17.5 Å². The van der Waals surface area contributed by atoms with E-state index in [1.165, 1.54) is 18.3 Å². The predicted octanol–water partition coefficient (Wildman–Crippen LogP) is 2.42. The third-order valence-electron chi connectivity index (χ3n) is 2.31. The van der Waals surface area contributed by atoms with Gasteiger partial charge < -0.3 is 14.5 Å². The highest BCUT2D eigenvalue weighted by Crippen LogP contribution is 2.12. The molecule has 0 aliphatic heterocycles. The fourth-order valence-electron chi connectivity index (χ4n) is 1.48. The van der Waals surface area contributed by atoms with Crippen LogP contribution >= 0.6 is 11.3 Å². The summed E-state index contributed by atoms with van der Waals surface area (Å²) in [6, 6.07) is 5.85. The van der Waals surface area contributed by atoms with Crippen molar-refractivity contribution < 1.29 is 13.9 Å². The minimum absolute atomic E-state index is 0.270. The van der Waals surface area contributed by atoms with Crippen molar-refractivity contribution in [3.05, 3.63) is 46.0 Å². The Morgan fingerprint density at radius 2 is 2.35 bits per heavy atom. The van der Waals surface area contributed by atoms with Gasteiger partial charge in [-0.25, -0.2) is 4.79 Å². The molecule has 4 nitrogen and oxygen atoms in total. The van der Waals surface area contributed by atoms with Gasteiger partial charge in [0.05, 0.1) is 13.4 Å². The van der Waals surface area contributed by atoms with Gasteiger partial charge in [0, 0.05) is 23.5 Å². The average Bonchev–Trinajstić information content (AvgIpc) is 2.99. The minimum Gasteiger partial charge on any atom is -0.463 e. The first-order valence-electron chi connectivity index (χ1n) is 5.19. The van der Waals surface area contributed by atoms with E-state index in [-0.39, 0.29) is 5.76 Å². The van der Waals surface area contributed by atoms with Gasteiger partial charge in [-0.15, -0.1) is 11.3 Å². The van der Waals surface area contributed by atoms with Crippen molar-refractivity contribution in [2.45, 2.75) is 13.1 Å². The number of methoxy groups -OCH3 is 1. The van der Waals surface area contributed by atoms with Gasteiger partial charge >= 0.3 is 5.97 Å². The summed E-state index contributed by atoms with van der Waals surface area (Å²) >= 11 is 1.70. The van der Waals surface area contributed by atoms with E-state index >= 15 is 0 Å². The number of hydrogen-bond acceptors (Lipinski definition) is 5. The Bertz CT molecular complexity index is 476. The van der Waals surface area contributed by atoms with E-state index in [4.69, 9.17) is 4.42 Å². The number of esters is 1. The van der Waals surface area contributed by atoms with Gasteiger partial charge in [0.15, 0.2) is 0 Å². The van der Waals surface area contributed by atoms with Crippen molar-refractivity contribution in [1.82, 2.24) is 5.32 Å². The zero-order chi connectivity index (χ0) is 12.1. The van der Waals surface area contributed by atoms with Crippen LogP contribution in [0.4, 0.5) is 0 Å². The molecule has 90 valence electrons. The highest BCUT2D eigenvalue weighted by Gasteiger charge is 2.14. The van der Waals surface area contributed by atoms with Crippen LogP contribution in [0.1, 0.15) is 21.0 Å². The molecule has 2 aromatic heterocycles. The molecule has 17 heavy (non-hydrogen) atoms. The molecule has 0 amide bonds. The predicted molar refractivity (Wildman–Crippen MR) is 64.9 cm³/mol. The molecule has 5 heteroatoms. The summed E-state index contributed by atoms with van der Waals surface area (Å²) in [5.74, 6) is -0.172. The Hall–Kier alpha value is -1.59. The summed E-state index contributed by atoms with van der Waals surface area (Å²) in [4.78, 5) is 12.6. The molecule has 0 radical (unpaired) electrons. The van der Waals surface area contributed by atoms with Crippen LogP contribution in [-0.2, 0) is 17.8 Å². The van der Waals surface area contributed by atoms with Crippen molar-refractivity contribution in [3.8, 4) is 0 Å². The van der Waals surface area contributed by atoms with Crippen molar-refractivity contribution in [2.24, 2.45) is 0 Å². The van der Waals surface area contributed by atoms with Crippen LogP contribution in [0.15, 0.2) is 34.3 Å². The average molecular weight is 251 g/mol. The van der Waals surface area contributed by atoms with E-state index in [1.54, 1.807) is 17.4 Å². The van der Waals surface area contributed by atoms with Crippen LogP contribution in [0, 0.1) is 0 Å². The molecule has 0 bridgehead atoms. The first-order chi connectivity index (χ1) is 8.31. The monoisotopic (exact) mass is 251 g/mol. The first-order valence-corrected chi connectivity index (χ1v) is 6.07. The van der Waals surface area contributed by atoms with E-state index < -0.39 is 5.97 Å². The number of rotatable bonds is 5. The molecular formula is C12H13NO3S. The zero-order valence-electron chi connectivity index (χ0n) is 9.43. The van der Waals surface area contributed by atoms with Crippen molar-refractivity contribution in [1.29, 1.82) is 0 Å². The SMILES string of the molecule is COC(=O)c1occc1CNCc1cccs1. The van der Waals surface area contributed by atoms with Crippen LogP contribution in [0.5, 0.6) is 0 Å². The molecular weight excluding hydrogens is 238 g/mol. The molecule has 0 aromatic carbocycles. The van der Waals surface area contributed by atoms with E-state index in [1.807, 2.05) is 11.4 Å². The molecule has 2 heterocycles. The van der Waals surface area contributed by atoms with Gasteiger partial charge in [0.2, 0.25) is 5.76 Å². The Morgan fingerprint density at radius 3 is 3.06 bits per heavy atom. The largest absolute Gasteiger partial charge is 0.463 e. The van der Waals surface area contributed by atoms with Gasteiger partial charge in [-0.1, -0.05) is 6.07 Å². The fourth-order valence-corrected chi connectivity index (χ4v) is 2.15. The minimum atomic E-state index is -0.442. The molecule has 0 saturated carbocycles. The van der Waals surface area contributed by atoms with E-state index in [2.05, 4.69) is 16.1 Å². The number of carbonyl (C=O) groups is 1. The van der Waals surface area contributed by atoms with Crippen molar-refractivity contribution >= 4 is 17.3 Å². The smallest absolute Gasteiger partial charge is 0.374 e. The number of hydrogen-bond donors (Lipinski definition) is 1. The van der Waals surface area contributed by atoms with Crippen LogP contribution in [0.25, 0.3) is 0 Å². The standard InChI is InChI=1S/C12H13NO3S/c1-15-12(14)11-9(4-5-16-11)7-13-8-10-3-2-6-17-10/h2-6,13H,7-8H2,1H3. The molecule has 0 spiro atoms. The molecule has 0 aliphatic rings. The maximum Gasteiger partial charge on any atom is 0.374 e. The summed E-state index contributed by atoms with van der Waals surface area (Å²) in [6.45, 7) is 1.36. The first kappa shape index (κ1) is 11.9. The Labute approximate surface area is 103 Å². The summed E-state index contributed by atoms with van der Waals surface area (Å²) in [7, 11) is 1.34. The Morgan fingerprint density at radius 1 is 1.47 bits per heavy atom. The van der Waals surface area contributed by atoms with Crippen LogP contribution in [0.3, 0.4) is 0 Å². The number of carbonyl (C=O) groups excluding carboxylic acids is 1. The fraction of sp³-hybridized carbons (Fsp3) is 0.250. The summed E-state index contributed by atoms with van der Waals surface area (Å²) in [5, 5.41) is 5.29. The maximum absolute atomic E-state index is 11.3. The lowest BCUT2D eigenvalue weighted by atomic mass is 10.2. The number of thiophene rings is 1. The van der Waals surface area contributed by atoms with Crippen molar-refractivity contribution in [2.75, 3.05) is 7.11 Å². The molecule has 2 aromatic rings. The maximum atomic E-state index is 11.3. The van der Waals surface area contributed by atoms with E-state index in [9.17, 15) is 4.79 Å². The van der Waals surface area contributed by atoms with Crippen LogP contribution in [0.2, 0.25) is 0 Å². The molecule has 0 unspecified atom stereocenters. The molecule has 0 atom stereocenters. The third-order valence-corrected chi connectivity index (χ3v) is 3.19. The zero-order valence-corrected chi connectivity index (χ0v) is 10.3. The summed E-state index contributed by atoms with van der Waals surface area (Å²) < 4.78 is 9.72. The summed E-state index contributed by atoms with van der Waals surface area (Å²) in [6.07, 6.45) is 1.49. The normalized spacial score (nSPS) is 10.4. The van der Waals surface area contributed by atoms with Crippen LogP contribution in [-0.4, -0.2) is 13.1 Å². The van der Waals surface area contributed by atoms with Gasteiger partial charge in [0.25, 0.3) is 0 Å². The van der Waals surface area contributed by atoms with Gasteiger partial charge in [-0.2, -0.15) is 0 Å². The van der Waals surface area contributed by atoms with E-state index in [0.29, 0.717) is 6.54 Å². The van der Waals surface area contributed by atoms with Crippen molar-refractivity contribution in [3.63, 3.8) is 0 Å². The Kier molecular flexibility index (Phi) is 3.95. The Balaban J connectivity index is 1.91. The molecule has 1 N–H and O–H groups in total. The van der Waals surface area contributed by atoms with Crippen LogP contribution < -0.4 is 5.32 Å². The second-order valence-corrected chi connectivity index (χ2v) is 4.48. The second-order valence-electron chi connectivity index (χ2n) is 3.45. The van der Waals surface area contributed by atoms with Gasteiger partial charge in [0.1, 0.15) is 0 Å². The topological polar surface area (TPSA) is 51.5 Å². The quantitative estimate of drug-likeness (QED) is 0.829. The number of ether oxygens (including phenoxy) is 1. The molecule has 2 rings (SSSR count). The third kappa shape index (κ3) is 2.95. The van der Waals surface area contributed by atoms with Gasteiger partial charge in [-0.3, -0.25) is 0 Å². The molecule has 0 saturated heterocycles. The number of nitrogens with one attached hydrogen (secondary N) is 1. The highest BCUT2D eigenvalue weighted by molar-refractivity contribution is 7.09. The molecule has 0 fully saturated rings. The summed E-state index contributed by atoms with van der Waals surface area (Å²) in [5.41, 5.74) is 0.813. The lowest BCUT2D eigenvalue weighted by Crippen LogP contribution is -2.14.